The van der Waals surface area contributed by atoms with Crippen LogP contribution in [0.5, 0.6) is 0 Å². The van der Waals surface area contributed by atoms with Gasteiger partial charge >= 0.3 is 6.18 Å². The third-order valence-electron chi connectivity index (χ3n) is 1.46. The fraction of sp³-hybridized carbons (Fsp3) is 0.125. The number of rotatable bonds is 1. The molecule has 0 unspecified atom stereocenters. The highest BCUT2D eigenvalue weighted by Crippen LogP contribution is 2.32. The Morgan fingerprint density at radius 2 is 1.77 bits per heavy atom. The largest absolute Gasteiger partial charge is 0.417 e. The zero-order chi connectivity index (χ0) is 10.1. The van der Waals surface area contributed by atoms with E-state index in [2.05, 4.69) is 24.8 Å². The lowest BCUT2D eigenvalue weighted by Gasteiger charge is -2.10. The molecule has 0 N–H and O–H groups in total. The molecule has 13 heavy (non-hydrogen) atoms. The minimum absolute atomic E-state index is 0.0478. The second kappa shape index (κ2) is 3.67. The number of alkyl halides is 3. The van der Waals surface area contributed by atoms with Crippen molar-refractivity contribution in [1.29, 1.82) is 0 Å². The number of thiocarbonyl (C=S) groups is 1. The van der Waals surface area contributed by atoms with Crippen molar-refractivity contribution >= 4 is 29.0 Å². The molecule has 0 aromatic heterocycles. The van der Waals surface area contributed by atoms with E-state index < -0.39 is 11.7 Å². The van der Waals surface area contributed by atoms with Gasteiger partial charge in [0.2, 0.25) is 0 Å². The zero-order valence-electron chi connectivity index (χ0n) is 6.30. The van der Waals surface area contributed by atoms with Gasteiger partial charge in [0.05, 0.1) is 9.76 Å². The average Bonchev–Trinajstić information content (AvgIpc) is 2.03. The number of thiol groups is 1. The second-order valence-corrected chi connectivity index (χ2v) is 3.51. The number of hydrogen-bond acceptors (Lipinski definition) is 1. The van der Waals surface area contributed by atoms with Gasteiger partial charge in [0.15, 0.2) is 0 Å². The highest BCUT2D eigenvalue weighted by Gasteiger charge is 2.33. The molecule has 0 saturated heterocycles. The summed E-state index contributed by atoms with van der Waals surface area (Å²) in [5.41, 5.74) is -0.789. The van der Waals surface area contributed by atoms with Crippen LogP contribution in [0.2, 0.25) is 0 Å². The van der Waals surface area contributed by atoms with Crippen molar-refractivity contribution in [2.45, 2.75) is 6.18 Å². The fourth-order valence-electron chi connectivity index (χ4n) is 0.917. The Hall–Kier alpha value is -0.550. The van der Waals surface area contributed by atoms with Crippen LogP contribution in [0.4, 0.5) is 13.2 Å². The minimum Gasteiger partial charge on any atom is -0.166 e. The Morgan fingerprint density at radius 1 is 1.23 bits per heavy atom. The van der Waals surface area contributed by atoms with Gasteiger partial charge in [-0.25, -0.2) is 0 Å². The molecule has 0 nitrogen and oxygen atoms in total. The number of hydrogen-bond donors (Lipinski definition) is 1. The van der Waals surface area contributed by atoms with Crippen molar-refractivity contribution in [2.75, 3.05) is 0 Å². The maximum absolute atomic E-state index is 12.3. The molecular formula is C8H5F3S2. The maximum atomic E-state index is 12.3. The quantitative estimate of drug-likeness (QED) is 0.562. The molecule has 0 heterocycles. The van der Waals surface area contributed by atoms with Crippen LogP contribution in [0.15, 0.2) is 24.3 Å². The van der Waals surface area contributed by atoms with Gasteiger partial charge in [-0.3, -0.25) is 0 Å². The van der Waals surface area contributed by atoms with Crippen molar-refractivity contribution in [2.24, 2.45) is 0 Å². The fourth-order valence-corrected chi connectivity index (χ4v) is 1.29. The zero-order valence-corrected chi connectivity index (χ0v) is 8.01. The smallest absolute Gasteiger partial charge is 0.166 e. The summed E-state index contributed by atoms with van der Waals surface area (Å²) >= 11 is 8.30. The lowest BCUT2D eigenvalue weighted by atomic mass is 10.1. The summed E-state index contributed by atoms with van der Waals surface area (Å²) in [7, 11) is 0. The minimum atomic E-state index is -4.37. The number of halogens is 3. The standard InChI is InChI=1S/C8H5F3S2/c9-8(10,11)6-4-2-1-3-5(6)7(12)13/h1-4H,(H,12,13). The van der Waals surface area contributed by atoms with Gasteiger partial charge in [0.1, 0.15) is 0 Å². The molecule has 1 aromatic rings. The topological polar surface area (TPSA) is 0 Å². The van der Waals surface area contributed by atoms with Gasteiger partial charge in [-0.15, -0.1) is 12.6 Å². The molecule has 0 saturated carbocycles. The molecular weight excluding hydrogens is 217 g/mol. The van der Waals surface area contributed by atoms with E-state index in [0.717, 1.165) is 6.07 Å². The van der Waals surface area contributed by atoms with E-state index in [0.29, 0.717) is 0 Å². The Kier molecular flexibility index (Phi) is 2.98. The Bertz CT molecular complexity index is 330. The van der Waals surface area contributed by atoms with Crippen molar-refractivity contribution in [3.05, 3.63) is 35.4 Å². The molecule has 0 spiro atoms. The van der Waals surface area contributed by atoms with Gasteiger partial charge in [0.25, 0.3) is 0 Å². The highest BCUT2D eigenvalue weighted by atomic mass is 32.1. The van der Waals surface area contributed by atoms with E-state index in [1.807, 2.05) is 0 Å². The van der Waals surface area contributed by atoms with E-state index in [-0.39, 0.29) is 9.76 Å². The van der Waals surface area contributed by atoms with Crippen LogP contribution in [-0.2, 0) is 6.18 Å². The van der Waals surface area contributed by atoms with Gasteiger partial charge in [-0.2, -0.15) is 13.2 Å². The molecule has 0 amide bonds. The Balaban J connectivity index is 3.28. The molecule has 0 aliphatic heterocycles. The SMILES string of the molecule is FC(F)(F)c1ccccc1C(=S)S. The number of benzene rings is 1. The molecule has 1 rings (SSSR count). The normalized spacial score (nSPS) is 11.4. The second-order valence-electron chi connectivity index (χ2n) is 2.35. The molecule has 0 aliphatic rings. The highest BCUT2D eigenvalue weighted by molar-refractivity contribution is 8.11. The van der Waals surface area contributed by atoms with Crippen LogP contribution in [0.1, 0.15) is 11.1 Å². The molecule has 1 aromatic carbocycles. The average molecular weight is 222 g/mol. The first-order valence-corrected chi connectivity index (χ1v) is 4.18. The van der Waals surface area contributed by atoms with E-state index >= 15 is 0 Å². The van der Waals surface area contributed by atoms with E-state index in [1.165, 1.54) is 18.2 Å². The molecule has 0 bridgehead atoms. The first-order valence-electron chi connectivity index (χ1n) is 3.32. The lowest BCUT2D eigenvalue weighted by Crippen LogP contribution is -2.09. The molecule has 0 aliphatic carbocycles. The van der Waals surface area contributed by atoms with Crippen LogP contribution >= 0.6 is 24.8 Å². The molecule has 70 valence electrons. The van der Waals surface area contributed by atoms with Crippen molar-refractivity contribution in [3.63, 3.8) is 0 Å². The van der Waals surface area contributed by atoms with Crippen LogP contribution < -0.4 is 0 Å². The van der Waals surface area contributed by atoms with E-state index in [9.17, 15) is 13.2 Å². The summed E-state index contributed by atoms with van der Waals surface area (Å²) in [4.78, 5) is 0. The van der Waals surface area contributed by atoms with Crippen molar-refractivity contribution in [1.82, 2.24) is 0 Å². The van der Waals surface area contributed by atoms with Crippen LogP contribution in [0.3, 0.4) is 0 Å². The molecule has 0 fully saturated rings. The summed E-state index contributed by atoms with van der Waals surface area (Å²) in [6, 6.07) is 5.10. The molecule has 0 atom stereocenters. The summed E-state index contributed by atoms with van der Waals surface area (Å²) in [5.74, 6) is 0. The van der Waals surface area contributed by atoms with Crippen molar-refractivity contribution < 1.29 is 13.2 Å². The third-order valence-corrected chi connectivity index (χ3v) is 1.92. The monoisotopic (exact) mass is 222 g/mol. The van der Waals surface area contributed by atoms with Gasteiger partial charge < -0.3 is 0 Å². The predicted molar refractivity (Wildman–Crippen MR) is 52.1 cm³/mol. The van der Waals surface area contributed by atoms with Crippen LogP contribution in [0.25, 0.3) is 0 Å². The van der Waals surface area contributed by atoms with Gasteiger partial charge in [0, 0.05) is 5.56 Å². The first-order chi connectivity index (χ1) is 5.93. The first kappa shape index (κ1) is 10.5. The predicted octanol–water partition coefficient (Wildman–Crippen LogP) is 3.31. The lowest BCUT2D eigenvalue weighted by molar-refractivity contribution is -0.137. The maximum Gasteiger partial charge on any atom is 0.417 e. The van der Waals surface area contributed by atoms with Crippen LogP contribution in [0, 0.1) is 0 Å². The van der Waals surface area contributed by atoms with Crippen LogP contribution in [-0.4, -0.2) is 4.20 Å². The Labute approximate surface area is 84.2 Å². The summed E-state index contributed by atoms with van der Waals surface area (Å²) < 4.78 is 36.9. The van der Waals surface area contributed by atoms with Crippen molar-refractivity contribution in [3.8, 4) is 0 Å². The van der Waals surface area contributed by atoms with E-state index in [4.69, 9.17) is 0 Å². The molecule has 5 heteroatoms. The van der Waals surface area contributed by atoms with Gasteiger partial charge in [-0.05, 0) is 6.07 Å². The summed E-state index contributed by atoms with van der Waals surface area (Å²) in [6.45, 7) is 0. The molecule has 0 radical (unpaired) electrons. The third kappa shape index (κ3) is 2.45. The Morgan fingerprint density at radius 3 is 2.15 bits per heavy atom. The summed E-state index contributed by atoms with van der Waals surface area (Å²) in [6.07, 6.45) is -4.37. The van der Waals surface area contributed by atoms with Gasteiger partial charge in [-0.1, -0.05) is 30.4 Å². The van der Waals surface area contributed by atoms with E-state index in [1.54, 1.807) is 0 Å². The summed E-state index contributed by atoms with van der Waals surface area (Å²) in [5, 5.41) is 0.